The highest BCUT2D eigenvalue weighted by Crippen LogP contribution is 2.22. The van der Waals surface area contributed by atoms with E-state index in [0.717, 1.165) is 16.5 Å². The Morgan fingerprint density at radius 1 is 1.44 bits per heavy atom. The molecule has 0 saturated carbocycles. The molecule has 3 heteroatoms. The zero-order valence-corrected chi connectivity index (χ0v) is 11.6. The van der Waals surface area contributed by atoms with Gasteiger partial charge in [-0.2, -0.15) is 11.8 Å². The summed E-state index contributed by atoms with van der Waals surface area (Å²) in [4.78, 5) is 2.54. The summed E-state index contributed by atoms with van der Waals surface area (Å²) in [6, 6.07) is 4.26. The normalized spacial score (nSPS) is 10.2. The lowest BCUT2D eigenvalue weighted by atomic mass is 10.2. The molecule has 0 aromatic carbocycles. The number of thiophene rings is 1. The van der Waals surface area contributed by atoms with Crippen LogP contribution in [0, 0.1) is 17.8 Å². The second kappa shape index (κ2) is 7.78. The quantitative estimate of drug-likeness (QED) is 0.643. The van der Waals surface area contributed by atoms with E-state index in [4.69, 9.17) is 5.73 Å². The van der Waals surface area contributed by atoms with E-state index >= 15 is 0 Å². The van der Waals surface area contributed by atoms with E-state index in [1.54, 1.807) is 11.3 Å². The van der Waals surface area contributed by atoms with Crippen molar-refractivity contribution in [2.24, 2.45) is 11.7 Å². The van der Waals surface area contributed by atoms with E-state index in [0.29, 0.717) is 6.54 Å². The molecular weight excluding hydrogens is 234 g/mol. The van der Waals surface area contributed by atoms with E-state index in [1.165, 1.54) is 17.1 Å². The van der Waals surface area contributed by atoms with Crippen molar-refractivity contribution in [2.45, 2.75) is 26.0 Å². The summed E-state index contributed by atoms with van der Waals surface area (Å²) in [6.07, 6.45) is 1.30. The Balaban J connectivity index is 2.29. The highest BCUT2D eigenvalue weighted by atomic mass is 32.2. The van der Waals surface area contributed by atoms with Crippen molar-refractivity contribution in [3.8, 4) is 11.8 Å². The van der Waals surface area contributed by atoms with Gasteiger partial charge in [0.2, 0.25) is 0 Å². The third-order valence-corrected chi connectivity index (χ3v) is 4.28. The zero-order chi connectivity index (χ0) is 11.8. The first-order valence-electron chi connectivity index (χ1n) is 5.57. The predicted octanol–water partition coefficient (Wildman–Crippen LogP) is 3.34. The van der Waals surface area contributed by atoms with Crippen LogP contribution in [0.15, 0.2) is 12.1 Å². The molecule has 0 aliphatic carbocycles. The van der Waals surface area contributed by atoms with E-state index in [-0.39, 0.29) is 0 Å². The molecule has 0 spiro atoms. The maximum Gasteiger partial charge on any atom is 0.0772 e. The topological polar surface area (TPSA) is 26.0 Å². The van der Waals surface area contributed by atoms with Gasteiger partial charge in [0.05, 0.1) is 11.4 Å². The fraction of sp³-hybridized carbons (Fsp3) is 0.538. The van der Waals surface area contributed by atoms with Crippen LogP contribution in [0.3, 0.4) is 0 Å². The molecule has 1 aromatic rings. The minimum atomic E-state index is 0.441. The van der Waals surface area contributed by atoms with Crippen molar-refractivity contribution in [1.82, 2.24) is 0 Å². The predicted molar refractivity (Wildman–Crippen MR) is 75.9 cm³/mol. The lowest BCUT2D eigenvalue weighted by molar-refractivity contribution is 0.632. The molecular formula is C13H19NS2. The number of rotatable bonds is 5. The fourth-order valence-electron chi connectivity index (χ4n) is 1.15. The van der Waals surface area contributed by atoms with E-state index < -0.39 is 0 Å². The van der Waals surface area contributed by atoms with Gasteiger partial charge in [0.25, 0.3) is 0 Å². The molecule has 0 aliphatic heterocycles. The molecule has 1 nitrogen and oxygen atoms in total. The maximum absolute atomic E-state index is 5.34. The molecule has 0 saturated heterocycles. The van der Waals surface area contributed by atoms with Crippen molar-refractivity contribution in [1.29, 1.82) is 0 Å². The summed E-state index contributed by atoms with van der Waals surface area (Å²) in [5, 5.41) is 0. The van der Waals surface area contributed by atoms with Crippen LogP contribution < -0.4 is 5.73 Å². The van der Waals surface area contributed by atoms with Crippen molar-refractivity contribution in [3.63, 3.8) is 0 Å². The second-order valence-corrected chi connectivity index (χ2v) is 6.28. The standard InChI is InChI=1S/C13H19NS2/c1-11(2)7-9-15-10-13-6-5-12(16-13)4-3-8-14/h5-6,11H,7-10,14H2,1-2H3. The third kappa shape index (κ3) is 5.60. The second-order valence-electron chi connectivity index (χ2n) is 4.01. The van der Waals surface area contributed by atoms with Gasteiger partial charge in [0.15, 0.2) is 0 Å². The third-order valence-electron chi connectivity index (χ3n) is 2.06. The lowest BCUT2D eigenvalue weighted by Crippen LogP contribution is -1.92. The van der Waals surface area contributed by atoms with Gasteiger partial charge in [-0.1, -0.05) is 25.7 Å². The largest absolute Gasteiger partial charge is 0.320 e. The molecule has 1 heterocycles. The highest BCUT2D eigenvalue weighted by Gasteiger charge is 1.99. The zero-order valence-electron chi connectivity index (χ0n) is 9.95. The fourth-order valence-corrected chi connectivity index (χ4v) is 3.40. The summed E-state index contributed by atoms with van der Waals surface area (Å²) in [7, 11) is 0. The average molecular weight is 253 g/mol. The molecule has 0 fully saturated rings. The van der Waals surface area contributed by atoms with Crippen LogP contribution in [0.2, 0.25) is 0 Å². The average Bonchev–Trinajstić information content (AvgIpc) is 2.69. The summed E-state index contributed by atoms with van der Waals surface area (Å²) >= 11 is 3.79. The van der Waals surface area contributed by atoms with Crippen LogP contribution in [0.5, 0.6) is 0 Å². The van der Waals surface area contributed by atoms with Gasteiger partial charge < -0.3 is 5.73 Å². The smallest absolute Gasteiger partial charge is 0.0772 e. The monoisotopic (exact) mass is 253 g/mol. The molecule has 1 aromatic heterocycles. The first-order valence-corrected chi connectivity index (χ1v) is 7.55. The van der Waals surface area contributed by atoms with Crippen molar-refractivity contribution < 1.29 is 0 Å². The molecule has 1 rings (SSSR count). The first kappa shape index (κ1) is 13.6. The van der Waals surface area contributed by atoms with Gasteiger partial charge in [0, 0.05) is 10.6 Å². The van der Waals surface area contributed by atoms with Gasteiger partial charge in [-0.15, -0.1) is 11.3 Å². The van der Waals surface area contributed by atoms with Crippen LogP contribution in [0.1, 0.15) is 30.0 Å². The summed E-state index contributed by atoms with van der Waals surface area (Å²) < 4.78 is 0. The molecule has 88 valence electrons. The Kier molecular flexibility index (Phi) is 6.63. The Morgan fingerprint density at radius 3 is 2.94 bits per heavy atom. The molecule has 16 heavy (non-hydrogen) atoms. The van der Waals surface area contributed by atoms with E-state index in [2.05, 4.69) is 37.8 Å². The number of thioether (sulfide) groups is 1. The van der Waals surface area contributed by atoms with Crippen LogP contribution in [0.25, 0.3) is 0 Å². The Morgan fingerprint density at radius 2 is 2.25 bits per heavy atom. The molecule has 0 unspecified atom stereocenters. The highest BCUT2D eigenvalue weighted by molar-refractivity contribution is 7.98. The van der Waals surface area contributed by atoms with Gasteiger partial charge in [-0.05, 0) is 30.2 Å². The summed E-state index contributed by atoms with van der Waals surface area (Å²) in [5.74, 6) is 9.12. The molecule has 0 atom stereocenters. The van der Waals surface area contributed by atoms with Crippen LogP contribution in [-0.4, -0.2) is 12.3 Å². The summed E-state index contributed by atoms with van der Waals surface area (Å²) in [6.45, 7) is 4.98. The number of nitrogens with two attached hydrogens (primary N) is 1. The van der Waals surface area contributed by atoms with Gasteiger partial charge in [-0.25, -0.2) is 0 Å². The van der Waals surface area contributed by atoms with Gasteiger partial charge in [-0.3, -0.25) is 0 Å². The Labute approximate surface area is 107 Å². The van der Waals surface area contributed by atoms with Crippen molar-refractivity contribution in [3.05, 3.63) is 21.9 Å². The van der Waals surface area contributed by atoms with Crippen LogP contribution >= 0.6 is 23.1 Å². The lowest BCUT2D eigenvalue weighted by Gasteiger charge is -2.02. The maximum atomic E-state index is 5.34. The van der Waals surface area contributed by atoms with Crippen LogP contribution in [0.4, 0.5) is 0 Å². The Bertz CT molecular complexity index is 357. The number of hydrogen-bond acceptors (Lipinski definition) is 3. The van der Waals surface area contributed by atoms with E-state index in [9.17, 15) is 0 Å². The van der Waals surface area contributed by atoms with Gasteiger partial charge in [0.1, 0.15) is 0 Å². The minimum Gasteiger partial charge on any atom is -0.320 e. The number of hydrogen-bond donors (Lipinski definition) is 1. The van der Waals surface area contributed by atoms with E-state index in [1.807, 2.05) is 11.8 Å². The molecule has 0 radical (unpaired) electrons. The Hall–Kier alpha value is -0.430. The summed E-state index contributed by atoms with van der Waals surface area (Å²) in [5.41, 5.74) is 5.34. The SMILES string of the molecule is CC(C)CCSCc1ccc(C#CCN)s1. The molecule has 0 bridgehead atoms. The molecule has 0 aliphatic rings. The minimum absolute atomic E-state index is 0.441. The first-order chi connectivity index (χ1) is 7.72. The molecule has 2 N–H and O–H groups in total. The van der Waals surface area contributed by atoms with Gasteiger partial charge >= 0.3 is 0 Å². The van der Waals surface area contributed by atoms with Crippen molar-refractivity contribution >= 4 is 23.1 Å². The molecule has 0 amide bonds. The van der Waals surface area contributed by atoms with Crippen molar-refractivity contribution in [2.75, 3.05) is 12.3 Å². The van der Waals surface area contributed by atoms with Crippen LogP contribution in [-0.2, 0) is 5.75 Å².